The summed E-state index contributed by atoms with van der Waals surface area (Å²) in [7, 11) is 0. The van der Waals surface area contributed by atoms with Gasteiger partial charge in [-0.25, -0.2) is 9.97 Å². The van der Waals surface area contributed by atoms with E-state index in [0.29, 0.717) is 11.6 Å². The topological polar surface area (TPSA) is 61.6 Å². The fourth-order valence-corrected chi connectivity index (χ4v) is 1.97. The highest BCUT2D eigenvalue weighted by atomic mass is 32.1. The van der Waals surface area contributed by atoms with Gasteiger partial charge in [0.15, 0.2) is 0 Å². The lowest BCUT2D eigenvalue weighted by Gasteiger charge is -2.02. The van der Waals surface area contributed by atoms with E-state index < -0.39 is 0 Å². The molecule has 2 aromatic rings. The van der Waals surface area contributed by atoms with Crippen molar-refractivity contribution in [1.82, 2.24) is 9.97 Å². The first kappa shape index (κ1) is 10.6. The zero-order chi connectivity index (χ0) is 11.2. The smallest absolute Gasteiger partial charge is 0.223 e. The van der Waals surface area contributed by atoms with Crippen LogP contribution in [0.3, 0.4) is 0 Å². The zero-order valence-corrected chi connectivity index (χ0v) is 9.37. The van der Waals surface area contributed by atoms with Gasteiger partial charge >= 0.3 is 0 Å². The van der Waals surface area contributed by atoms with E-state index in [4.69, 9.17) is 5.26 Å². The van der Waals surface area contributed by atoms with Crippen LogP contribution >= 0.6 is 11.3 Å². The molecule has 0 bridgehead atoms. The molecule has 2 rings (SSSR count). The van der Waals surface area contributed by atoms with E-state index in [9.17, 15) is 0 Å². The van der Waals surface area contributed by atoms with Gasteiger partial charge in [0.2, 0.25) is 5.95 Å². The van der Waals surface area contributed by atoms with E-state index >= 15 is 0 Å². The van der Waals surface area contributed by atoms with Gasteiger partial charge in [0.25, 0.3) is 0 Å². The van der Waals surface area contributed by atoms with Crippen molar-refractivity contribution in [2.75, 3.05) is 11.9 Å². The molecule has 0 saturated heterocycles. The molecular formula is C11H10N4S. The first-order valence-corrected chi connectivity index (χ1v) is 5.76. The molecule has 2 heterocycles. The van der Waals surface area contributed by atoms with E-state index in [1.165, 1.54) is 4.88 Å². The third-order valence-corrected chi connectivity index (χ3v) is 2.94. The molecule has 2 aromatic heterocycles. The molecule has 0 amide bonds. The molecule has 0 saturated carbocycles. The fourth-order valence-electron chi connectivity index (χ4n) is 1.26. The summed E-state index contributed by atoms with van der Waals surface area (Å²) in [5.74, 6) is 0.510. The van der Waals surface area contributed by atoms with Crippen LogP contribution in [0, 0.1) is 11.3 Å². The molecule has 0 aliphatic rings. The Morgan fingerprint density at radius 1 is 1.44 bits per heavy atom. The molecule has 0 fully saturated rings. The molecule has 0 radical (unpaired) electrons. The summed E-state index contributed by atoms with van der Waals surface area (Å²) in [5, 5.41) is 13.8. The molecule has 80 valence electrons. The van der Waals surface area contributed by atoms with Crippen LogP contribution in [0.25, 0.3) is 0 Å². The summed E-state index contributed by atoms with van der Waals surface area (Å²) >= 11 is 1.73. The Hall–Kier alpha value is -1.93. The van der Waals surface area contributed by atoms with Crippen LogP contribution in [0.5, 0.6) is 0 Å². The van der Waals surface area contributed by atoms with Gasteiger partial charge in [-0.2, -0.15) is 5.26 Å². The van der Waals surface area contributed by atoms with E-state index in [1.807, 2.05) is 12.1 Å². The average Bonchev–Trinajstić information content (AvgIpc) is 2.82. The number of thiophene rings is 1. The summed E-state index contributed by atoms with van der Waals surface area (Å²) in [6.45, 7) is 0.773. The van der Waals surface area contributed by atoms with Gasteiger partial charge in [-0.1, -0.05) is 6.07 Å². The summed E-state index contributed by atoms with van der Waals surface area (Å²) in [6.07, 6.45) is 2.52. The molecule has 0 aliphatic carbocycles. The lowest BCUT2D eigenvalue weighted by molar-refractivity contribution is 0.996. The Labute approximate surface area is 97.6 Å². The summed E-state index contributed by atoms with van der Waals surface area (Å²) in [6, 6.07) is 7.70. The highest BCUT2D eigenvalue weighted by molar-refractivity contribution is 7.09. The second kappa shape index (κ2) is 5.24. The van der Waals surface area contributed by atoms with Gasteiger partial charge in [0.05, 0.1) is 0 Å². The maximum Gasteiger partial charge on any atom is 0.223 e. The third-order valence-electron chi connectivity index (χ3n) is 2.00. The first-order chi connectivity index (χ1) is 7.88. The van der Waals surface area contributed by atoms with Crippen LogP contribution in [-0.4, -0.2) is 16.5 Å². The van der Waals surface area contributed by atoms with Crippen molar-refractivity contribution in [2.24, 2.45) is 0 Å². The van der Waals surface area contributed by atoms with Crippen molar-refractivity contribution >= 4 is 17.3 Å². The Balaban J connectivity index is 1.88. The number of nitrogens with zero attached hydrogens (tertiary/aromatic N) is 3. The minimum atomic E-state index is 0.383. The molecule has 0 aliphatic heterocycles. The van der Waals surface area contributed by atoms with Gasteiger partial charge in [0.1, 0.15) is 11.8 Å². The van der Waals surface area contributed by atoms with Crippen molar-refractivity contribution in [3.8, 4) is 6.07 Å². The average molecular weight is 230 g/mol. The number of hydrogen-bond acceptors (Lipinski definition) is 5. The van der Waals surface area contributed by atoms with Crippen molar-refractivity contribution in [3.63, 3.8) is 0 Å². The zero-order valence-electron chi connectivity index (χ0n) is 8.55. The van der Waals surface area contributed by atoms with E-state index in [0.717, 1.165) is 13.0 Å². The quantitative estimate of drug-likeness (QED) is 0.873. The van der Waals surface area contributed by atoms with Crippen molar-refractivity contribution < 1.29 is 0 Å². The minimum absolute atomic E-state index is 0.383. The number of anilines is 1. The van der Waals surface area contributed by atoms with E-state index in [1.54, 1.807) is 23.6 Å². The molecule has 4 nitrogen and oxygen atoms in total. The maximum atomic E-state index is 8.67. The molecule has 0 atom stereocenters. The largest absolute Gasteiger partial charge is 0.354 e. The summed E-state index contributed by atoms with van der Waals surface area (Å²) in [4.78, 5) is 9.39. The number of nitriles is 1. The lowest BCUT2D eigenvalue weighted by atomic mass is 10.3. The maximum absolute atomic E-state index is 8.67. The molecule has 0 unspecified atom stereocenters. The number of rotatable bonds is 4. The monoisotopic (exact) mass is 230 g/mol. The van der Waals surface area contributed by atoms with Gasteiger partial charge < -0.3 is 5.32 Å². The van der Waals surface area contributed by atoms with E-state index in [2.05, 4.69) is 26.7 Å². The van der Waals surface area contributed by atoms with Crippen molar-refractivity contribution in [3.05, 3.63) is 40.3 Å². The number of hydrogen-bond donors (Lipinski definition) is 1. The standard InChI is InChI=1S/C11H10N4S/c12-8-9-3-5-13-11(15-9)14-6-4-10-2-1-7-16-10/h1-3,5,7H,4,6H2,(H,13,14,15). The normalized spacial score (nSPS) is 9.69. The molecule has 1 N–H and O–H groups in total. The first-order valence-electron chi connectivity index (χ1n) is 4.88. The summed E-state index contributed by atoms with van der Waals surface area (Å²) < 4.78 is 0. The number of aromatic nitrogens is 2. The van der Waals surface area contributed by atoms with Crippen LogP contribution in [-0.2, 0) is 6.42 Å². The van der Waals surface area contributed by atoms with Crippen LogP contribution in [0.4, 0.5) is 5.95 Å². The Bertz CT molecular complexity index is 487. The van der Waals surface area contributed by atoms with Crippen molar-refractivity contribution in [1.29, 1.82) is 5.26 Å². The highest BCUT2D eigenvalue weighted by Crippen LogP contribution is 2.09. The Morgan fingerprint density at radius 2 is 2.38 bits per heavy atom. The van der Waals surface area contributed by atoms with Gasteiger partial charge in [0, 0.05) is 17.6 Å². The van der Waals surface area contributed by atoms with Crippen LogP contribution < -0.4 is 5.32 Å². The predicted octanol–water partition coefficient (Wildman–Crippen LogP) is 2.06. The SMILES string of the molecule is N#Cc1ccnc(NCCc2cccs2)n1. The Morgan fingerprint density at radius 3 is 3.12 bits per heavy atom. The van der Waals surface area contributed by atoms with Crippen molar-refractivity contribution in [2.45, 2.75) is 6.42 Å². The Kier molecular flexibility index (Phi) is 3.46. The summed E-state index contributed by atoms with van der Waals surface area (Å²) in [5.41, 5.74) is 0.383. The molecule has 0 aromatic carbocycles. The fraction of sp³-hybridized carbons (Fsp3) is 0.182. The molecule has 5 heteroatoms. The van der Waals surface area contributed by atoms with E-state index in [-0.39, 0.29) is 0 Å². The molecule has 0 spiro atoms. The van der Waals surface area contributed by atoms with Crippen LogP contribution in [0.1, 0.15) is 10.6 Å². The molecule has 16 heavy (non-hydrogen) atoms. The van der Waals surface area contributed by atoms with Gasteiger partial charge in [-0.15, -0.1) is 11.3 Å². The predicted molar refractivity (Wildman–Crippen MR) is 63.3 cm³/mol. The lowest BCUT2D eigenvalue weighted by Crippen LogP contribution is -2.07. The second-order valence-electron chi connectivity index (χ2n) is 3.13. The third kappa shape index (κ3) is 2.78. The number of nitrogens with one attached hydrogen (secondary N) is 1. The highest BCUT2D eigenvalue weighted by Gasteiger charge is 1.98. The van der Waals surface area contributed by atoms with Gasteiger partial charge in [-0.05, 0) is 23.9 Å². The minimum Gasteiger partial charge on any atom is -0.354 e. The second-order valence-corrected chi connectivity index (χ2v) is 4.17. The molecular weight excluding hydrogens is 220 g/mol. The van der Waals surface area contributed by atoms with Gasteiger partial charge in [-0.3, -0.25) is 0 Å². The van der Waals surface area contributed by atoms with Crippen LogP contribution in [0.15, 0.2) is 29.8 Å². The van der Waals surface area contributed by atoms with Crippen LogP contribution in [0.2, 0.25) is 0 Å².